The Kier molecular flexibility index (Phi) is 4.73. The van der Waals surface area contributed by atoms with Crippen molar-refractivity contribution < 1.29 is 0 Å². The van der Waals surface area contributed by atoms with Gasteiger partial charge in [0.1, 0.15) is 5.82 Å². The van der Waals surface area contributed by atoms with Crippen LogP contribution in [0.2, 0.25) is 0 Å². The number of hydrogen-bond donors (Lipinski definition) is 1. The Morgan fingerprint density at radius 2 is 2.00 bits per heavy atom. The molecule has 0 aliphatic rings. The Hall–Kier alpha value is -3.72. The van der Waals surface area contributed by atoms with Crippen LogP contribution in [-0.2, 0) is 13.5 Å². The number of nitrogens with one attached hydrogen (secondary N) is 1. The molecule has 1 unspecified atom stereocenters. The molecule has 0 saturated carbocycles. The maximum atomic E-state index is 8.87. The molecule has 4 aromatic rings. The molecule has 4 rings (SSSR count). The monoisotopic (exact) mass is 368 g/mol. The predicted molar refractivity (Wildman–Crippen MR) is 110 cm³/mol. The Bertz CT molecular complexity index is 1170. The lowest BCUT2D eigenvalue weighted by molar-refractivity contribution is 0.866. The molecule has 0 amide bonds. The molecular weight excluding hydrogens is 348 g/mol. The van der Waals surface area contributed by atoms with Crippen LogP contribution in [0.5, 0.6) is 0 Å². The zero-order valence-electron chi connectivity index (χ0n) is 15.8. The second kappa shape index (κ2) is 7.49. The van der Waals surface area contributed by atoms with Gasteiger partial charge in [0.2, 0.25) is 0 Å². The van der Waals surface area contributed by atoms with Crippen LogP contribution in [0.4, 0.5) is 5.82 Å². The van der Waals surface area contributed by atoms with Crippen molar-refractivity contribution in [3.8, 4) is 17.3 Å². The molecule has 0 radical (unpaired) electrons. The average Bonchev–Trinajstić information content (AvgIpc) is 3.14. The third kappa shape index (κ3) is 3.55. The van der Waals surface area contributed by atoms with Gasteiger partial charge in [-0.3, -0.25) is 4.98 Å². The number of aromatic nitrogens is 4. The van der Waals surface area contributed by atoms with Gasteiger partial charge in [0.15, 0.2) is 0 Å². The second-order valence-corrected chi connectivity index (χ2v) is 6.80. The molecule has 0 bridgehead atoms. The summed E-state index contributed by atoms with van der Waals surface area (Å²) in [6, 6.07) is 14.5. The van der Waals surface area contributed by atoms with E-state index in [9.17, 15) is 0 Å². The van der Waals surface area contributed by atoms with Crippen molar-refractivity contribution in [3.05, 3.63) is 72.6 Å². The highest BCUT2D eigenvalue weighted by Crippen LogP contribution is 2.26. The molecule has 1 atom stereocenters. The number of hydrogen-bond acceptors (Lipinski definition) is 5. The molecule has 6 nitrogen and oxygen atoms in total. The third-order valence-corrected chi connectivity index (χ3v) is 4.80. The van der Waals surface area contributed by atoms with Gasteiger partial charge in [-0.25, -0.2) is 9.97 Å². The Balaban J connectivity index is 1.61. The minimum absolute atomic E-state index is 0.0469. The van der Waals surface area contributed by atoms with Gasteiger partial charge in [-0.1, -0.05) is 12.1 Å². The van der Waals surface area contributed by atoms with Crippen LogP contribution in [0.25, 0.3) is 22.0 Å². The molecule has 0 aliphatic carbocycles. The van der Waals surface area contributed by atoms with E-state index in [0.717, 1.165) is 39.1 Å². The standard InChI is InChI=1S/C22H20N6/c1-15(16-6-8-25-20(10-16)5-7-23)27-22-11-19-9-17(3-4-18(19)12-26-22)21-13-24-14-28(21)2/h3-4,6,8-15H,5H2,1-2H3,(H,26,27). The van der Waals surface area contributed by atoms with Crippen LogP contribution in [-0.4, -0.2) is 19.5 Å². The van der Waals surface area contributed by atoms with Crippen molar-refractivity contribution in [1.82, 2.24) is 19.5 Å². The zero-order valence-corrected chi connectivity index (χ0v) is 15.8. The topological polar surface area (TPSA) is 79.4 Å². The van der Waals surface area contributed by atoms with Crippen molar-refractivity contribution >= 4 is 16.6 Å². The minimum atomic E-state index is 0.0469. The van der Waals surface area contributed by atoms with Gasteiger partial charge < -0.3 is 9.88 Å². The highest BCUT2D eigenvalue weighted by atomic mass is 15.0. The van der Waals surface area contributed by atoms with E-state index in [2.05, 4.69) is 57.5 Å². The summed E-state index contributed by atoms with van der Waals surface area (Å²) in [5, 5.41) is 14.5. The van der Waals surface area contributed by atoms with Crippen LogP contribution in [0.1, 0.15) is 24.2 Å². The molecule has 138 valence electrons. The Morgan fingerprint density at radius 1 is 1.11 bits per heavy atom. The van der Waals surface area contributed by atoms with E-state index >= 15 is 0 Å². The van der Waals surface area contributed by atoms with E-state index in [1.807, 2.05) is 36.1 Å². The number of aryl methyl sites for hydroxylation is 1. The number of pyridine rings is 2. The van der Waals surface area contributed by atoms with Crippen molar-refractivity contribution in [2.45, 2.75) is 19.4 Å². The Morgan fingerprint density at radius 3 is 2.79 bits per heavy atom. The Labute approximate surface area is 163 Å². The van der Waals surface area contributed by atoms with Crippen molar-refractivity contribution in [1.29, 1.82) is 5.26 Å². The average molecular weight is 368 g/mol. The minimum Gasteiger partial charge on any atom is -0.364 e. The quantitative estimate of drug-likeness (QED) is 0.569. The van der Waals surface area contributed by atoms with Crippen LogP contribution in [0.15, 0.2) is 61.3 Å². The second-order valence-electron chi connectivity index (χ2n) is 6.80. The van der Waals surface area contributed by atoms with Crippen LogP contribution >= 0.6 is 0 Å². The van der Waals surface area contributed by atoms with E-state index in [1.54, 1.807) is 12.5 Å². The van der Waals surface area contributed by atoms with Crippen LogP contribution in [0.3, 0.4) is 0 Å². The highest BCUT2D eigenvalue weighted by Gasteiger charge is 2.09. The van der Waals surface area contributed by atoms with Gasteiger partial charge >= 0.3 is 0 Å². The summed E-state index contributed by atoms with van der Waals surface area (Å²) in [6.45, 7) is 2.07. The summed E-state index contributed by atoms with van der Waals surface area (Å²) in [5.74, 6) is 0.806. The van der Waals surface area contributed by atoms with E-state index in [-0.39, 0.29) is 6.04 Å². The molecule has 0 fully saturated rings. The summed E-state index contributed by atoms with van der Waals surface area (Å²) in [4.78, 5) is 13.0. The first-order valence-corrected chi connectivity index (χ1v) is 9.09. The smallest absolute Gasteiger partial charge is 0.126 e. The lowest BCUT2D eigenvalue weighted by Gasteiger charge is -2.16. The highest BCUT2D eigenvalue weighted by molar-refractivity contribution is 5.88. The number of nitriles is 1. The molecule has 1 aromatic carbocycles. The fraction of sp³-hybridized carbons (Fsp3) is 0.182. The number of fused-ring (bicyclic) bond motifs is 1. The van der Waals surface area contributed by atoms with Gasteiger partial charge in [0.25, 0.3) is 0 Å². The first kappa shape index (κ1) is 17.7. The maximum Gasteiger partial charge on any atom is 0.126 e. The first-order chi connectivity index (χ1) is 13.6. The van der Waals surface area contributed by atoms with E-state index in [4.69, 9.17) is 5.26 Å². The predicted octanol–water partition coefficient (Wildman–Crippen LogP) is 4.27. The van der Waals surface area contributed by atoms with Crippen LogP contribution < -0.4 is 5.32 Å². The molecule has 0 aliphatic heterocycles. The van der Waals surface area contributed by atoms with Crippen LogP contribution in [0, 0.1) is 11.3 Å². The lowest BCUT2D eigenvalue weighted by atomic mass is 10.1. The van der Waals surface area contributed by atoms with Gasteiger partial charge in [0, 0.05) is 30.4 Å². The van der Waals surface area contributed by atoms with Crippen molar-refractivity contribution in [3.63, 3.8) is 0 Å². The van der Waals surface area contributed by atoms with E-state index < -0.39 is 0 Å². The maximum absolute atomic E-state index is 8.87. The lowest BCUT2D eigenvalue weighted by Crippen LogP contribution is -2.08. The van der Waals surface area contributed by atoms with Gasteiger partial charge in [0.05, 0.1) is 42.4 Å². The number of rotatable bonds is 5. The molecule has 1 N–H and O–H groups in total. The van der Waals surface area contributed by atoms with Gasteiger partial charge in [-0.15, -0.1) is 0 Å². The number of imidazole rings is 1. The first-order valence-electron chi connectivity index (χ1n) is 9.09. The van der Waals surface area contributed by atoms with Gasteiger partial charge in [-0.05, 0) is 42.1 Å². The summed E-state index contributed by atoms with van der Waals surface area (Å²) in [6.07, 6.45) is 7.60. The van der Waals surface area contributed by atoms with Crippen molar-refractivity contribution in [2.75, 3.05) is 5.32 Å². The van der Waals surface area contributed by atoms with E-state index in [1.165, 1.54) is 0 Å². The fourth-order valence-corrected chi connectivity index (χ4v) is 3.26. The summed E-state index contributed by atoms with van der Waals surface area (Å²) < 4.78 is 2.01. The number of benzene rings is 1. The summed E-state index contributed by atoms with van der Waals surface area (Å²) in [5.41, 5.74) is 4.04. The zero-order chi connectivity index (χ0) is 19.5. The molecule has 3 heterocycles. The fourth-order valence-electron chi connectivity index (χ4n) is 3.26. The molecule has 6 heteroatoms. The van der Waals surface area contributed by atoms with E-state index in [0.29, 0.717) is 6.42 Å². The molecule has 0 spiro atoms. The normalized spacial score (nSPS) is 11.9. The summed E-state index contributed by atoms with van der Waals surface area (Å²) >= 11 is 0. The molecule has 3 aromatic heterocycles. The molecule has 0 saturated heterocycles. The SMILES string of the molecule is CC(Nc1cc2cc(-c3cncn3C)ccc2cn1)c1ccnc(CC#N)c1. The number of nitrogens with zero attached hydrogens (tertiary/aromatic N) is 5. The third-order valence-electron chi connectivity index (χ3n) is 4.80. The molecular formula is C22H20N6. The van der Waals surface area contributed by atoms with Gasteiger partial charge in [-0.2, -0.15) is 5.26 Å². The largest absolute Gasteiger partial charge is 0.364 e. The van der Waals surface area contributed by atoms with Crippen molar-refractivity contribution in [2.24, 2.45) is 7.05 Å². The summed E-state index contributed by atoms with van der Waals surface area (Å²) in [7, 11) is 1.99. The molecule has 28 heavy (non-hydrogen) atoms. The number of anilines is 1.